The highest BCUT2D eigenvalue weighted by Gasteiger charge is 2.22. The first-order valence-electron chi connectivity index (χ1n) is 9.88. The fraction of sp³-hybridized carbons (Fsp3) is 0.0800. The third-order valence-corrected chi connectivity index (χ3v) is 5.67. The number of carbonyl (C=O) groups is 1. The van der Waals surface area contributed by atoms with Gasteiger partial charge in [0.15, 0.2) is 0 Å². The van der Waals surface area contributed by atoms with Crippen molar-refractivity contribution in [3.05, 3.63) is 110 Å². The van der Waals surface area contributed by atoms with E-state index in [9.17, 15) is 9.59 Å². The van der Waals surface area contributed by atoms with E-state index in [2.05, 4.69) is 10.4 Å². The van der Waals surface area contributed by atoms with Gasteiger partial charge in [-0.25, -0.2) is 4.68 Å². The molecule has 0 bridgehead atoms. The van der Waals surface area contributed by atoms with Gasteiger partial charge in [0.25, 0.3) is 5.91 Å². The first kappa shape index (κ1) is 21.8. The number of amides is 1. The molecule has 4 aromatic rings. The highest BCUT2D eigenvalue weighted by Crippen LogP contribution is 2.32. The van der Waals surface area contributed by atoms with E-state index >= 15 is 0 Å². The Kier molecular flexibility index (Phi) is 6.12. The van der Waals surface area contributed by atoms with Gasteiger partial charge < -0.3 is 5.32 Å². The predicted octanol–water partition coefficient (Wildman–Crippen LogP) is 6.08. The second-order valence-electron chi connectivity index (χ2n) is 7.28. The maximum Gasteiger partial charge on any atom is 0.257 e. The van der Waals surface area contributed by atoms with Crippen LogP contribution in [0, 0.1) is 13.8 Å². The van der Waals surface area contributed by atoms with Gasteiger partial charge in [-0.3, -0.25) is 9.59 Å². The van der Waals surface area contributed by atoms with Crippen LogP contribution < -0.4 is 10.7 Å². The standard InChI is InChI=1S/C25H19Cl2N3O2/c1-15-7-3-4-8-19(15)25(32)28-24-22(20-9-5-6-10-21(20)27)23(31)16(2)29-30(24)18-13-11-17(26)12-14-18/h3-14H,1-2H3,(H,28,32). The summed E-state index contributed by atoms with van der Waals surface area (Å²) in [6.45, 7) is 3.48. The van der Waals surface area contributed by atoms with E-state index in [1.807, 2.05) is 19.1 Å². The topological polar surface area (TPSA) is 64.0 Å². The van der Waals surface area contributed by atoms with Crippen LogP contribution in [0.4, 0.5) is 5.82 Å². The highest BCUT2D eigenvalue weighted by molar-refractivity contribution is 6.33. The summed E-state index contributed by atoms with van der Waals surface area (Å²) in [5.74, 6) is -0.131. The number of hydrogen-bond acceptors (Lipinski definition) is 3. The molecule has 1 heterocycles. The summed E-state index contributed by atoms with van der Waals surface area (Å²) in [7, 11) is 0. The Morgan fingerprint density at radius 1 is 0.906 bits per heavy atom. The van der Waals surface area contributed by atoms with Crippen molar-refractivity contribution in [3.63, 3.8) is 0 Å². The van der Waals surface area contributed by atoms with Crippen molar-refractivity contribution in [1.82, 2.24) is 9.78 Å². The van der Waals surface area contributed by atoms with E-state index in [0.717, 1.165) is 5.56 Å². The van der Waals surface area contributed by atoms with Crippen molar-refractivity contribution >= 4 is 34.9 Å². The van der Waals surface area contributed by atoms with Crippen LogP contribution in [0.3, 0.4) is 0 Å². The molecule has 3 aromatic carbocycles. The van der Waals surface area contributed by atoms with Crippen LogP contribution in [-0.2, 0) is 0 Å². The van der Waals surface area contributed by atoms with Gasteiger partial charge in [-0.1, -0.05) is 59.6 Å². The molecule has 0 aliphatic rings. The molecule has 32 heavy (non-hydrogen) atoms. The van der Waals surface area contributed by atoms with E-state index in [-0.39, 0.29) is 28.4 Å². The molecule has 1 N–H and O–H groups in total. The van der Waals surface area contributed by atoms with Gasteiger partial charge in [0.2, 0.25) is 5.43 Å². The molecule has 0 radical (unpaired) electrons. The lowest BCUT2D eigenvalue weighted by Crippen LogP contribution is -2.25. The lowest BCUT2D eigenvalue weighted by molar-refractivity contribution is 0.102. The molecule has 160 valence electrons. The number of anilines is 1. The second-order valence-corrected chi connectivity index (χ2v) is 8.12. The number of benzene rings is 3. The molecular formula is C25H19Cl2N3O2. The highest BCUT2D eigenvalue weighted by atomic mass is 35.5. The van der Waals surface area contributed by atoms with Crippen LogP contribution in [0.5, 0.6) is 0 Å². The van der Waals surface area contributed by atoms with Crippen LogP contribution in [-0.4, -0.2) is 15.7 Å². The third kappa shape index (κ3) is 4.17. The van der Waals surface area contributed by atoms with Crippen molar-refractivity contribution in [1.29, 1.82) is 0 Å². The Balaban J connectivity index is 2.00. The molecule has 7 heteroatoms. The molecule has 0 saturated heterocycles. The largest absolute Gasteiger partial charge is 0.306 e. The Labute approximate surface area is 195 Å². The number of nitrogens with one attached hydrogen (secondary N) is 1. The van der Waals surface area contributed by atoms with Gasteiger partial charge in [-0.2, -0.15) is 5.10 Å². The maximum atomic E-state index is 13.3. The lowest BCUT2D eigenvalue weighted by Gasteiger charge is -2.19. The quantitative estimate of drug-likeness (QED) is 0.399. The van der Waals surface area contributed by atoms with E-state index in [0.29, 0.717) is 26.9 Å². The minimum Gasteiger partial charge on any atom is -0.306 e. The lowest BCUT2D eigenvalue weighted by atomic mass is 10.0. The summed E-state index contributed by atoms with van der Waals surface area (Å²) < 4.78 is 1.53. The van der Waals surface area contributed by atoms with Crippen LogP contribution in [0.1, 0.15) is 21.6 Å². The van der Waals surface area contributed by atoms with Crippen LogP contribution in [0.15, 0.2) is 77.6 Å². The zero-order chi connectivity index (χ0) is 22.8. The maximum absolute atomic E-state index is 13.3. The Bertz CT molecular complexity index is 1380. The molecule has 1 amide bonds. The van der Waals surface area contributed by atoms with Crippen LogP contribution in [0.2, 0.25) is 10.0 Å². The SMILES string of the molecule is Cc1ccccc1C(=O)Nc1c(-c2ccccc2Cl)c(=O)c(C)nn1-c1ccc(Cl)cc1. The van der Waals surface area contributed by atoms with Crippen molar-refractivity contribution in [2.24, 2.45) is 0 Å². The van der Waals surface area contributed by atoms with Crippen molar-refractivity contribution in [3.8, 4) is 16.8 Å². The molecular weight excluding hydrogens is 445 g/mol. The minimum absolute atomic E-state index is 0.226. The monoisotopic (exact) mass is 463 g/mol. The summed E-state index contributed by atoms with van der Waals surface area (Å²) in [6, 6.07) is 21.2. The normalized spacial score (nSPS) is 10.8. The van der Waals surface area contributed by atoms with Gasteiger partial charge >= 0.3 is 0 Å². The zero-order valence-electron chi connectivity index (χ0n) is 17.4. The molecule has 1 aromatic heterocycles. The molecule has 0 unspecified atom stereocenters. The average Bonchev–Trinajstić information content (AvgIpc) is 2.78. The minimum atomic E-state index is -0.357. The molecule has 0 spiro atoms. The number of aryl methyl sites for hydroxylation is 2. The Morgan fingerprint density at radius 2 is 1.56 bits per heavy atom. The number of nitrogens with zero attached hydrogens (tertiary/aromatic N) is 2. The second kappa shape index (κ2) is 8.99. The molecule has 0 atom stereocenters. The van der Waals surface area contributed by atoms with Crippen LogP contribution >= 0.6 is 23.2 Å². The Hall–Kier alpha value is -3.41. The molecule has 0 aliphatic heterocycles. The summed E-state index contributed by atoms with van der Waals surface area (Å²) in [5, 5.41) is 8.33. The van der Waals surface area contributed by atoms with E-state index < -0.39 is 0 Å². The van der Waals surface area contributed by atoms with Gasteiger partial charge in [0.05, 0.1) is 11.3 Å². The smallest absolute Gasteiger partial charge is 0.257 e. The summed E-state index contributed by atoms with van der Waals surface area (Å²) in [5.41, 5.74) is 2.66. The van der Waals surface area contributed by atoms with Crippen molar-refractivity contribution in [2.75, 3.05) is 5.32 Å². The fourth-order valence-electron chi connectivity index (χ4n) is 3.44. The van der Waals surface area contributed by atoms with E-state index in [4.69, 9.17) is 23.2 Å². The average molecular weight is 464 g/mol. The Morgan fingerprint density at radius 3 is 2.25 bits per heavy atom. The molecule has 0 fully saturated rings. The van der Waals surface area contributed by atoms with Crippen LogP contribution in [0.25, 0.3) is 16.8 Å². The number of rotatable bonds is 4. The summed E-state index contributed by atoms with van der Waals surface area (Å²) >= 11 is 12.5. The van der Waals surface area contributed by atoms with E-state index in [1.54, 1.807) is 67.6 Å². The number of aromatic nitrogens is 2. The number of carbonyl (C=O) groups excluding carboxylic acids is 1. The summed E-state index contributed by atoms with van der Waals surface area (Å²) in [6.07, 6.45) is 0. The fourth-order valence-corrected chi connectivity index (χ4v) is 3.80. The first-order chi connectivity index (χ1) is 15.4. The molecule has 4 rings (SSSR count). The summed E-state index contributed by atoms with van der Waals surface area (Å²) in [4.78, 5) is 26.5. The number of halogens is 2. The van der Waals surface area contributed by atoms with E-state index in [1.165, 1.54) is 4.68 Å². The van der Waals surface area contributed by atoms with Gasteiger partial charge in [0, 0.05) is 21.2 Å². The third-order valence-electron chi connectivity index (χ3n) is 5.09. The zero-order valence-corrected chi connectivity index (χ0v) is 18.9. The van der Waals surface area contributed by atoms with Gasteiger partial charge in [0.1, 0.15) is 11.5 Å². The predicted molar refractivity (Wildman–Crippen MR) is 129 cm³/mol. The molecule has 5 nitrogen and oxygen atoms in total. The first-order valence-corrected chi connectivity index (χ1v) is 10.6. The van der Waals surface area contributed by atoms with Gasteiger partial charge in [-0.15, -0.1) is 0 Å². The van der Waals surface area contributed by atoms with Crippen molar-refractivity contribution in [2.45, 2.75) is 13.8 Å². The van der Waals surface area contributed by atoms with Gasteiger partial charge in [-0.05, 0) is 55.8 Å². The molecule has 0 aliphatic carbocycles. The number of hydrogen-bond donors (Lipinski definition) is 1. The molecule has 0 saturated carbocycles. The van der Waals surface area contributed by atoms with Crippen molar-refractivity contribution < 1.29 is 4.79 Å².